The minimum Gasteiger partial charge on any atom is -0.283 e. The van der Waals surface area contributed by atoms with Crippen LogP contribution in [0.15, 0.2) is 87.5 Å². The number of hydrogen-bond acceptors (Lipinski definition) is 5. The molecular weight excluding hydrogens is 463 g/mol. The van der Waals surface area contributed by atoms with Gasteiger partial charge in [0.2, 0.25) is 0 Å². The highest BCUT2D eigenvalue weighted by molar-refractivity contribution is 8.26. The number of halogens is 1. The molecule has 2 heterocycles. The van der Waals surface area contributed by atoms with Gasteiger partial charge in [0, 0.05) is 15.4 Å². The van der Waals surface area contributed by atoms with Crippen molar-refractivity contribution in [1.29, 1.82) is 0 Å². The number of thioether (sulfide) groups is 1. The van der Waals surface area contributed by atoms with Crippen LogP contribution in [-0.4, -0.2) is 27.6 Å². The first-order valence-electron chi connectivity index (χ1n) is 9.72. The molecule has 8 heteroatoms. The number of rotatable bonds is 3. The van der Waals surface area contributed by atoms with Gasteiger partial charge in [0.1, 0.15) is 16.7 Å². The third-order valence-electron chi connectivity index (χ3n) is 5.04. The fourth-order valence-electron chi connectivity index (χ4n) is 3.55. The summed E-state index contributed by atoms with van der Waals surface area (Å²) in [5.41, 5.74) is 1.84. The van der Waals surface area contributed by atoms with E-state index in [-0.39, 0.29) is 16.8 Å². The Morgan fingerprint density at radius 3 is 2.16 bits per heavy atom. The van der Waals surface area contributed by atoms with Gasteiger partial charge in [-0.15, -0.1) is 0 Å². The summed E-state index contributed by atoms with van der Waals surface area (Å²) in [7, 11) is 0. The van der Waals surface area contributed by atoms with E-state index in [0.717, 1.165) is 32.9 Å². The lowest BCUT2D eigenvalue weighted by atomic mass is 10.2. The van der Waals surface area contributed by atoms with Gasteiger partial charge in [-0.1, -0.05) is 78.2 Å². The van der Waals surface area contributed by atoms with Crippen molar-refractivity contribution in [2.45, 2.75) is 9.79 Å². The molecule has 3 aromatic carbocycles. The highest BCUT2D eigenvalue weighted by Gasteiger charge is 2.36. The van der Waals surface area contributed by atoms with Gasteiger partial charge in [0.15, 0.2) is 0 Å². The maximum atomic E-state index is 14.0. The zero-order valence-corrected chi connectivity index (χ0v) is 19.0. The number of fused-ring (bicyclic) bond motifs is 2. The molecule has 0 N–H and O–H groups in total. The van der Waals surface area contributed by atoms with E-state index in [2.05, 4.69) is 0 Å². The highest BCUT2D eigenvalue weighted by Crippen LogP contribution is 2.48. The van der Waals surface area contributed by atoms with Crippen LogP contribution in [0.25, 0.3) is 6.08 Å². The Bertz CT molecular complexity index is 1260. The smallest absolute Gasteiger partial charge is 0.266 e. The van der Waals surface area contributed by atoms with Gasteiger partial charge in [-0.3, -0.25) is 19.4 Å². The molecule has 32 heavy (non-hydrogen) atoms. The van der Waals surface area contributed by atoms with Crippen molar-refractivity contribution >= 4 is 69.3 Å². The first-order chi connectivity index (χ1) is 15.5. The molecule has 2 aliphatic heterocycles. The maximum absolute atomic E-state index is 14.0. The van der Waals surface area contributed by atoms with Crippen LogP contribution < -0.4 is 4.90 Å². The van der Waals surface area contributed by atoms with Crippen molar-refractivity contribution in [3.8, 4) is 0 Å². The van der Waals surface area contributed by atoms with Crippen LogP contribution in [-0.2, 0) is 9.59 Å². The van der Waals surface area contributed by atoms with Crippen LogP contribution in [0.1, 0.15) is 5.56 Å². The Kier molecular flexibility index (Phi) is 5.58. The average molecular weight is 479 g/mol. The quantitative estimate of drug-likeness (QED) is 0.349. The molecule has 4 nitrogen and oxygen atoms in total. The van der Waals surface area contributed by atoms with Gasteiger partial charge >= 0.3 is 0 Å². The molecule has 0 aromatic heterocycles. The van der Waals surface area contributed by atoms with Gasteiger partial charge < -0.3 is 0 Å². The molecular formula is C24H15FN2O2S3. The predicted molar refractivity (Wildman–Crippen MR) is 130 cm³/mol. The van der Waals surface area contributed by atoms with E-state index >= 15 is 0 Å². The minimum atomic E-state index is -0.423. The van der Waals surface area contributed by atoms with Crippen molar-refractivity contribution in [2.75, 3.05) is 11.4 Å². The molecule has 1 saturated heterocycles. The Morgan fingerprint density at radius 1 is 0.906 bits per heavy atom. The van der Waals surface area contributed by atoms with Gasteiger partial charge in [-0.2, -0.15) is 0 Å². The molecule has 0 atom stereocenters. The lowest BCUT2D eigenvalue weighted by Gasteiger charge is -2.32. The number of amides is 2. The Labute approximate surface area is 198 Å². The van der Waals surface area contributed by atoms with Crippen LogP contribution in [0, 0.1) is 5.82 Å². The van der Waals surface area contributed by atoms with Gasteiger partial charge in [0.25, 0.3) is 11.8 Å². The van der Waals surface area contributed by atoms with Crippen LogP contribution in [0.5, 0.6) is 0 Å². The fraction of sp³-hybridized carbons (Fsp3) is 0.0417. The first-order valence-corrected chi connectivity index (χ1v) is 11.8. The van der Waals surface area contributed by atoms with E-state index in [1.807, 2.05) is 48.5 Å². The molecule has 5 rings (SSSR count). The average Bonchev–Trinajstić information content (AvgIpc) is 3.06. The summed E-state index contributed by atoms with van der Waals surface area (Å²) >= 11 is 8.05. The van der Waals surface area contributed by atoms with Crippen LogP contribution in [0.3, 0.4) is 0 Å². The van der Waals surface area contributed by atoms with E-state index in [4.69, 9.17) is 12.2 Å². The molecule has 2 aliphatic rings. The molecule has 2 amide bonds. The second-order valence-corrected chi connectivity index (χ2v) is 9.82. The van der Waals surface area contributed by atoms with E-state index in [1.54, 1.807) is 34.9 Å². The van der Waals surface area contributed by atoms with Crippen LogP contribution >= 0.6 is 35.7 Å². The third-order valence-corrected chi connectivity index (χ3v) is 7.55. The van der Waals surface area contributed by atoms with Gasteiger partial charge in [0.05, 0.1) is 16.3 Å². The van der Waals surface area contributed by atoms with Crippen molar-refractivity contribution in [3.05, 3.63) is 89.1 Å². The largest absolute Gasteiger partial charge is 0.283 e. The first kappa shape index (κ1) is 20.9. The van der Waals surface area contributed by atoms with Crippen molar-refractivity contribution in [1.82, 2.24) is 4.90 Å². The van der Waals surface area contributed by atoms with E-state index in [0.29, 0.717) is 10.5 Å². The number of para-hydroxylation sites is 2. The van der Waals surface area contributed by atoms with E-state index in [9.17, 15) is 14.0 Å². The molecule has 1 fully saturated rings. The Morgan fingerprint density at radius 2 is 1.50 bits per heavy atom. The number of hydrogen-bond donors (Lipinski definition) is 0. The molecule has 0 saturated carbocycles. The van der Waals surface area contributed by atoms with Crippen LogP contribution in [0.2, 0.25) is 0 Å². The molecule has 3 aromatic rings. The summed E-state index contributed by atoms with van der Waals surface area (Å²) in [6.45, 7) is -0.202. The lowest BCUT2D eigenvalue weighted by Crippen LogP contribution is -2.41. The number of anilines is 2. The molecule has 0 spiro atoms. The maximum Gasteiger partial charge on any atom is 0.266 e. The molecule has 0 bridgehead atoms. The predicted octanol–water partition coefficient (Wildman–Crippen LogP) is 5.86. The molecule has 0 unspecified atom stereocenters. The number of carbonyl (C=O) groups excluding carboxylic acids is 2. The Balaban J connectivity index is 1.44. The second kappa shape index (κ2) is 8.54. The number of thiocarbonyl (C=S) groups is 1. The van der Waals surface area contributed by atoms with Crippen molar-refractivity contribution < 1.29 is 14.0 Å². The topological polar surface area (TPSA) is 40.6 Å². The zero-order chi connectivity index (χ0) is 22.2. The monoisotopic (exact) mass is 478 g/mol. The second-order valence-electron chi connectivity index (χ2n) is 7.06. The number of carbonyl (C=O) groups is 2. The number of benzene rings is 3. The summed E-state index contributed by atoms with van der Waals surface area (Å²) in [4.78, 5) is 31.6. The standard InChI is InChI=1S/C24H15FN2O2S3/c25-16-8-2-1-7-15(16)13-21-23(29)26(24(30)32-21)14-22(28)27-17-9-3-5-11-19(17)31-20-12-6-4-10-18(20)27/h1-13H,14H2/b21-13-. The molecule has 0 aliphatic carbocycles. The SMILES string of the molecule is O=C1/C(=C/c2ccccc2F)SC(=S)N1CC(=O)N1c2ccccc2Sc2ccccc21. The normalized spacial score (nSPS) is 16.3. The highest BCUT2D eigenvalue weighted by atomic mass is 32.2. The molecule has 0 radical (unpaired) electrons. The Hall–Kier alpha value is -2.94. The van der Waals surface area contributed by atoms with E-state index in [1.165, 1.54) is 17.0 Å². The van der Waals surface area contributed by atoms with Crippen LogP contribution in [0.4, 0.5) is 15.8 Å². The third kappa shape index (κ3) is 3.74. The van der Waals surface area contributed by atoms with Crippen molar-refractivity contribution in [2.24, 2.45) is 0 Å². The van der Waals surface area contributed by atoms with Crippen molar-refractivity contribution in [3.63, 3.8) is 0 Å². The summed E-state index contributed by atoms with van der Waals surface area (Å²) < 4.78 is 14.3. The summed E-state index contributed by atoms with van der Waals surface area (Å²) in [6, 6.07) is 21.5. The van der Waals surface area contributed by atoms with E-state index < -0.39 is 11.7 Å². The fourth-order valence-corrected chi connectivity index (χ4v) is 5.85. The summed E-state index contributed by atoms with van der Waals surface area (Å²) in [6.07, 6.45) is 1.47. The summed E-state index contributed by atoms with van der Waals surface area (Å²) in [5.74, 6) is -1.09. The number of nitrogens with zero attached hydrogens (tertiary/aromatic N) is 2. The zero-order valence-electron chi connectivity index (χ0n) is 16.5. The summed E-state index contributed by atoms with van der Waals surface area (Å²) in [5, 5.41) is 0. The van der Waals surface area contributed by atoms with Gasteiger partial charge in [-0.25, -0.2) is 4.39 Å². The van der Waals surface area contributed by atoms with Gasteiger partial charge in [-0.05, 0) is 36.4 Å². The minimum absolute atomic E-state index is 0.202. The molecule has 158 valence electrons. The lowest BCUT2D eigenvalue weighted by molar-refractivity contribution is -0.127.